The first kappa shape index (κ1) is 11.3. The summed E-state index contributed by atoms with van der Waals surface area (Å²) in [5, 5.41) is 18.0. The number of hydrogen-bond acceptors (Lipinski definition) is 2. The van der Waals surface area contributed by atoms with Crippen molar-refractivity contribution in [3.05, 3.63) is 42.0 Å². The normalized spacial score (nSPS) is 12.1. The number of rotatable bonds is 4. The summed E-state index contributed by atoms with van der Waals surface area (Å²) in [6.45, 7) is 5.47. The van der Waals surface area contributed by atoms with E-state index in [4.69, 9.17) is 10.2 Å². The number of phenolic OH excluding ortho intramolecular Hbond substituents is 1. The molecule has 1 aromatic carbocycles. The molecule has 0 saturated carbocycles. The molecule has 0 saturated heterocycles. The van der Waals surface area contributed by atoms with Crippen LogP contribution in [0.4, 0.5) is 0 Å². The summed E-state index contributed by atoms with van der Waals surface area (Å²) >= 11 is 0. The van der Waals surface area contributed by atoms with Crippen LogP contribution in [0, 0.1) is 0 Å². The van der Waals surface area contributed by atoms with Gasteiger partial charge >= 0.3 is 5.97 Å². The molecule has 0 spiro atoms. The standard InChI is InChI=1S/C12H14O3/c1-3-11(8(2)12(14)15)9-4-6-10(13)7-5-9/h4-7,11,13H,2-3H2,1H3,(H,14,15). The van der Waals surface area contributed by atoms with Gasteiger partial charge in [0.2, 0.25) is 0 Å². The van der Waals surface area contributed by atoms with E-state index in [-0.39, 0.29) is 17.2 Å². The number of carboxylic acid groups (broad SMARTS) is 1. The zero-order valence-corrected chi connectivity index (χ0v) is 8.60. The van der Waals surface area contributed by atoms with E-state index in [0.717, 1.165) is 5.56 Å². The van der Waals surface area contributed by atoms with Crippen LogP contribution in [-0.2, 0) is 4.79 Å². The minimum absolute atomic E-state index is 0.176. The SMILES string of the molecule is C=C(C(=O)O)C(CC)c1ccc(O)cc1. The number of hydrogen-bond donors (Lipinski definition) is 2. The van der Waals surface area contributed by atoms with Crippen LogP contribution in [0.5, 0.6) is 5.75 Å². The summed E-state index contributed by atoms with van der Waals surface area (Å²) in [5.41, 5.74) is 1.05. The minimum atomic E-state index is -0.977. The van der Waals surface area contributed by atoms with Gasteiger partial charge in [-0.2, -0.15) is 0 Å². The molecule has 0 aliphatic carbocycles. The molecule has 15 heavy (non-hydrogen) atoms. The third kappa shape index (κ3) is 2.59. The van der Waals surface area contributed by atoms with Crippen molar-refractivity contribution in [1.29, 1.82) is 0 Å². The fourth-order valence-corrected chi connectivity index (χ4v) is 1.54. The Hall–Kier alpha value is -1.77. The van der Waals surface area contributed by atoms with E-state index < -0.39 is 5.97 Å². The van der Waals surface area contributed by atoms with Crippen molar-refractivity contribution in [2.45, 2.75) is 19.3 Å². The van der Waals surface area contributed by atoms with E-state index in [9.17, 15) is 4.79 Å². The van der Waals surface area contributed by atoms with Gasteiger partial charge in [-0.25, -0.2) is 4.79 Å². The average molecular weight is 206 g/mol. The smallest absolute Gasteiger partial charge is 0.331 e. The Kier molecular flexibility index (Phi) is 3.50. The summed E-state index contributed by atoms with van der Waals surface area (Å²) in [6.07, 6.45) is 0.676. The largest absolute Gasteiger partial charge is 0.508 e. The molecule has 0 radical (unpaired) electrons. The van der Waals surface area contributed by atoms with Gasteiger partial charge in [-0.3, -0.25) is 0 Å². The van der Waals surface area contributed by atoms with Crippen molar-refractivity contribution < 1.29 is 15.0 Å². The lowest BCUT2D eigenvalue weighted by atomic mass is 9.90. The van der Waals surface area contributed by atoms with E-state index in [1.54, 1.807) is 24.3 Å². The number of aliphatic carboxylic acids is 1. The highest BCUT2D eigenvalue weighted by Crippen LogP contribution is 2.27. The molecule has 0 fully saturated rings. The van der Waals surface area contributed by atoms with Crippen LogP contribution in [0.25, 0.3) is 0 Å². The van der Waals surface area contributed by atoms with Gasteiger partial charge in [-0.1, -0.05) is 25.6 Å². The van der Waals surface area contributed by atoms with Crippen molar-refractivity contribution in [1.82, 2.24) is 0 Å². The first-order chi connectivity index (χ1) is 7.06. The predicted molar refractivity (Wildman–Crippen MR) is 57.9 cm³/mol. The first-order valence-electron chi connectivity index (χ1n) is 4.77. The molecule has 80 valence electrons. The molecule has 3 nitrogen and oxygen atoms in total. The van der Waals surface area contributed by atoms with E-state index >= 15 is 0 Å². The van der Waals surface area contributed by atoms with Crippen molar-refractivity contribution >= 4 is 5.97 Å². The summed E-state index contributed by atoms with van der Waals surface area (Å²) in [6, 6.07) is 6.54. The fourth-order valence-electron chi connectivity index (χ4n) is 1.54. The first-order valence-corrected chi connectivity index (χ1v) is 4.77. The third-order valence-corrected chi connectivity index (χ3v) is 2.40. The highest BCUT2D eigenvalue weighted by Gasteiger charge is 2.18. The van der Waals surface area contributed by atoms with Crippen LogP contribution in [0.2, 0.25) is 0 Å². The van der Waals surface area contributed by atoms with E-state index in [2.05, 4.69) is 6.58 Å². The topological polar surface area (TPSA) is 57.5 Å². The number of benzene rings is 1. The molecule has 0 heterocycles. The number of carboxylic acids is 1. The summed E-state index contributed by atoms with van der Waals surface area (Å²) in [4.78, 5) is 10.8. The second-order valence-corrected chi connectivity index (χ2v) is 3.38. The van der Waals surface area contributed by atoms with Gasteiger partial charge in [0.1, 0.15) is 5.75 Å². The van der Waals surface area contributed by atoms with Crippen molar-refractivity contribution in [3.8, 4) is 5.75 Å². The zero-order chi connectivity index (χ0) is 11.4. The van der Waals surface area contributed by atoms with Crippen LogP contribution in [-0.4, -0.2) is 16.2 Å². The second kappa shape index (κ2) is 4.64. The second-order valence-electron chi connectivity index (χ2n) is 3.38. The van der Waals surface area contributed by atoms with E-state index in [1.807, 2.05) is 6.92 Å². The van der Waals surface area contributed by atoms with Crippen molar-refractivity contribution in [3.63, 3.8) is 0 Å². The molecule has 0 amide bonds. The molecule has 0 aromatic heterocycles. The van der Waals surface area contributed by atoms with Gasteiger partial charge in [-0.05, 0) is 24.1 Å². The van der Waals surface area contributed by atoms with E-state index in [0.29, 0.717) is 6.42 Å². The molecule has 0 aliphatic rings. The number of carbonyl (C=O) groups is 1. The van der Waals surface area contributed by atoms with Crippen LogP contribution >= 0.6 is 0 Å². The van der Waals surface area contributed by atoms with Crippen LogP contribution in [0.3, 0.4) is 0 Å². The molecule has 1 unspecified atom stereocenters. The van der Waals surface area contributed by atoms with Gasteiger partial charge < -0.3 is 10.2 Å². The van der Waals surface area contributed by atoms with Gasteiger partial charge in [0.25, 0.3) is 0 Å². The molecular weight excluding hydrogens is 192 g/mol. The third-order valence-electron chi connectivity index (χ3n) is 2.40. The van der Waals surface area contributed by atoms with Crippen molar-refractivity contribution in [2.75, 3.05) is 0 Å². The van der Waals surface area contributed by atoms with Crippen molar-refractivity contribution in [2.24, 2.45) is 0 Å². The lowest BCUT2D eigenvalue weighted by molar-refractivity contribution is -0.132. The minimum Gasteiger partial charge on any atom is -0.508 e. The van der Waals surface area contributed by atoms with Crippen LogP contribution in [0.15, 0.2) is 36.4 Å². The molecule has 3 heteroatoms. The lowest BCUT2D eigenvalue weighted by Gasteiger charge is -2.15. The summed E-state index contributed by atoms with van der Waals surface area (Å²) < 4.78 is 0. The molecule has 1 rings (SSSR count). The van der Waals surface area contributed by atoms with E-state index in [1.165, 1.54) is 0 Å². The monoisotopic (exact) mass is 206 g/mol. The van der Waals surface area contributed by atoms with Crippen LogP contribution < -0.4 is 0 Å². The molecule has 0 bridgehead atoms. The Morgan fingerprint density at radius 2 is 1.93 bits per heavy atom. The van der Waals surface area contributed by atoms with Gasteiger partial charge in [-0.15, -0.1) is 0 Å². The zero-order valence-electron chi connectivity index (χ0n) is 8.60. The highest BCUT2D eigenvalue weighted by atomic mass is 16.4. The maximum absolute atomic E-state index is 10.8. The van der Waals surface area contributed by atoms with Crippen LogP contribution in [0.1, 0.15) is 24.8 Å². The molecule has 1 atom stereocenters. The number of phenols is 1. The Morgan fingerprint density at radius 1 is 1.40 bits per heavy atom. The molecule has 1 aromatic rings. The fraction of sp³-hybridized carbons (Fsp3) is 0.250. The summed E-state index contributed by atoms with van der Waals surface area (Å²) in [7, 11) is 0. The maximum Gasteiger partial charge on any atom is 0.331 e. The molecular formula is C12H14O3. The Balaban J connectivity index is 2.97. The highest BCUT2D eigenvalue weighted by molar-refractivity contribution is 5.87. The predicted octanol–water partition coefficient (Wildman–Crippen LogP) is 2.53. The molecule has 0 aliphatic heterocycles. The molecule has 2 N–H and O–H groups in total. The Bertz CT molecular complexity index is 365. The van der Waals surface area contributed by atoms with Gasteiger partial charge in [0.05, 0.1) is 0 Å². The quantitative estimate of drug-likeness (QED) is 0.744. The Labute approximate surface area is 88.7 Å². The maximum atomic E-state index is 10.8. The Morgan fingerprint density at radius 3 is 2.33 bits per heavy atom. The summed E-state index contributed by atoms with van der Waals surface area (Å²) in [5.74, 6) is -0.993. The lowest BCUT2D eigenvalue weighted by Crippen LogP contribution is -2.09. The average Bonchev–Trinajstić information content (AvgIpc) is 2.21. The van der Waals surface area contributed by atoms with Gasteiger partial charge in [0, 0.05) is 11.5 Å². The number of aromatic hydroxyl groups is 1. The van der Waals surface area contributed by atoms with Gasteiger partial charge in [0.15, 0.2) is 0 Å².